The third kappa shape index (κ3) is 6.08. The molecule has 0 unspecified atom stereocenters. The molecule has 1 amide bonds. The summed E-state index contributed by atoms with van der Waals surface area (Å²) >= 11 is 2.89. The zero-order valence-electron chi connectivity index (χ0n) is 12.6. The van der Waals surface area contributed by atoms with Crippen molar-refractivity contribution in [1.82, 2.24) is 5.32 Å². The van der Waals surface area contributed by atoms with Crippen LogP contribution in [-0.4, -0.2) is 34.2 Å². The van der Waals surface area contributed by atoms with Crippen LogP contribution in [0.1, 0.15) is 6.42 Å². The molecule has 122 valence electrons. The second-order valence-electron chi connectivity index (χ2n) is 4.78. The van der Waals surface area contributed by atoms with Crippen molar-refractivity contribution in [2.45, 2.75) is 16.2 Å². The highest BCUT2D eigenvalue weighted by Crippen LogP contribution is 2.28. The van der Waals surface area contributed by atoms with Gasteiger partial charge in [0.25, 0.3) is 0 Å². The van der Waals surface area contributed by atoms with Crippen LogP contribution in [0.3, 0.4) is 0 Å². The van der Waals surface area contributed by atoms with Crippen molar-refractivity contribution in [3.63, 3.8) is 0 Å². The minimum absolute atomic E-state index is 0.0502. The van der Waals surface area contributed by atoms with E-state index in [2.05, 4.69) is 5.32 Å². The summed E-state index contributed by atoms with van der Waals surface area (Å²) in [5.74, 6) is 1.55. The summed E-state index contributed by atoms with van der Waals surface area (Å²) < 4.78 is 0. The fourth-order valence-electron chi connectivity index (χ4n) is 1.83. The first-order valence-electron chi connectivity index (χ1n) is 7.25. The Hall–Kier alpha value is -1.79. The maximum Gasteiger partial charge on any atom is 0.230 e. The summed E-state index contributed by atoms with van der Waals surface area (Å²) in [5, 5.41) is 22.1. The quantitative estimate of drug-likeness (QED) is 0.503. The number of phenolic OH excluding ortho intramolecular Hbond substituents is 2. The molecule has 0 aliphatic heterocycles. The van der Waals surface area contributed by atoms with Crippen LogP contribution < -0.4 is 5.32 Å². The molecule has 2 aromatic carbocycles. The van der Waals surface area contributed by atoms with Gasteiger partial charge in [0, 0.05) is 16.3 Å². The molecule has 6 heteroatoms. The number of carbonyl (C=O) groups excluding carboxylic acids is 1. The van der Waals surface area contributed by atoms with E-state index in [0.717, 1.165) is 17.1 Å². The van der Waals surface area contributed by atoms with Gasteiger partial charge in [-0.05, 0) is 36.4 Å². The molecule has 0 atom stereocenters. The Balaban J connectivity index is 1.60. The highest BCUT2D eigenvalue weighted by atomic mass is 32.2. The van der Waals surface area contributed by atoms with Gasteiger partial charge >= 0.3 is 0 Å². The van der Waals surface area contributed by atoms with Gasteiger partial charge in [-0.2, -0.15) is 0 Å². The molecule has 0 heterocycles. The predicted octanol–water partition coefficient (Wildman–Crippen LogP) is 3.49. The van der Waals surface area contributed by atoms with Crippen LogP contribution in [0.15, 0.2) is 58.3 Å². The molecule has 0 aliphatic rings. The maximum atomic E-state index is 11.8. The highest BCUT2D eigenvalue weighted by Gasteiger charge is 2.05. The molecule has 0 radical (unpaired) electrons. The van der Waals surface area contributed by atoms with E-state index in [1.54, 1.807) is 42.1 Å². The monoisotopic (exact) mass is 349 g/mol. The van der Waals surface area contributed by atoms with Crippen LogP contribution in [0, 0.1) is 0 Å². The van der Waals surface area contributed by atoms with Gasteiger partial charge < -0.3 is 15.5 Å². The lowest BCUT2D eigenvalue weighted by Crippen LogP contribution is -2.26. The number of rotatable bonds is 8. The number of phenols is 2. The summed E-state index contributed by atoms with van der Waals surface area (Å²) in [4.78, 5) is 13.3. The molecule has 23 heavy (non-hydrogen) atoms. The van der Waals surface area contributed by atoms with Crippen LogP contribution in [-0.2, 0) is 4.79 Å². The average Bonchev–Trinajstić information content (AvgIpc) is 2.55. The van der Waals surface area contributed by atoms with E-state index >= 15 is 0 Å². The largest absolute Gasteiger partial charge is 0.507 e. The van der Waals surface area contributed by atoms with Crippen molar-refractivity contribution >= 4 is 29.4 Å². The van der Waals surface area contributed by atoms with E-state index in [0.29, 0.717) is 17.2 Å². The zero-order chi connectivity index (χ0) is 16.5. The lowest BCUT2D eigenvalue weighted by Gasteiger charge is -2.07. The lowest BCUT2D eigenvalue weighted by molar-refractivity contribution is -0.118. The molecule has 0 saturated heterocycles. The van der Waals surface area contributed by atoms with Crippen LogP contribution in [0.5, 0.6) is 11.5 Å². The van der Waals surface area contributed by atoms with Crippen LogP contribution in [0.2, 0.25) is 0 Å². The Morgan fingerprint density at radius 1 is 0.913 bits per heavy atom. The van der Waals surface area contributed by atoms with E-state index < -0.39 is 0 Å². The van der Waals surface area contributed by atoms with E-state index in [1.165, 1.54) is 11.8 Å². The number of hydrogen-bond donors (Lipinski definition) is 3. The molecule has 0 bridgehead atoms. The van der Waals surface area contributed by atoms with Gasteiger partial charge in [-0.25, -0.2) is 0 Å². The number of para-hydroxylation sites is 2. The molecule has 0 spiro atoms. The topological polar surface area (TPSA) is 69.6 Å². The molecule has 3 N–H and O–H groups in total. The third-order valence-corrected chi connectivity index (χ3v) is 5.20. The predicted molar refractivity (Wildman–Crippen MR) is 95.3 cm³/mol. The molecular formula is C17H19NO3S2. The average molecular weight is 349 g/mol. The van der Waals surface area contributed by atoms with Gasteiger partial charge in [0.2, 0.25) is 5.91 Å². The fraction of sp³-hybridized carbons (Fsp3) is 0.235. The molecule has 0 aromatic heterocycles. The second kappa shape index (κ2) is 9.37. The number of thioether (sulfide) groups is 2. The van der Waals surface area contributed by atoms with Gasteiger partial charge in [0.05, 0.1) is 5.75 Å². The Morgan fingerprint density at radius 3 is 2.09 bits per heavy atom. The summed E-state index contributed by atoms with van der Waals surface area (Å²) in [6.07, 6.45) is 0.825. The van der Waals surface area contributed by atoms with Crippen molar-refractivity contribution in [3.05, 3.63) is 48.5 Å². The van der Waals surface area contributed by atoms with Gasteiger partial charge in [-0.1, -0.05) is 24.3 Å². The van der Waals surface area contributed by atoms with Gasteiger partial charge in [-0.15, -0.1) is 23.5 Å². The fourth-order valence-corrected chi connectivity index (χ4v) is 3.51. The Bertz CT molecular complexity index is 649. The summed E-state index contributed by atoms with van der Waals surface area (Å²) in [6, 6.07) is 14.2. The van der Waals surface area contributed by atoms with Crippen molar-refractivity contribution in [2.24, 2.45) is 0 Å². The SMILES string of the molecule is O=C(CSc1ccccc1O)NCCCSc1ccccc1O. The number of benzene rings is 2. The number of hydrogen-bond acceptors (Lipinski definition) is 5. The zero-order valence-corrected chi connectivity index (χ0v) is 14.2. The minimum Gasteiger partial charge on any atom is -0.507 e. The number of carbonyl (C=O) groups is 1. The van der Waals surface area contributed by atoms with Crippen molar-refractivity contribution in [2.75, 3.05) is 18.1 Å². The van der Waals surface area contributed by atoms with E-state index in [1.807, 2.05) is 18.2 Å². The summed E-state index contributed by atoms with van der Waals surface area (Å²) in [6.45, 7) is 0.598. The highest BCUT2D eigenvalue weighted by molar-refractivity contribution is 8.00. The van der Waals surface area contributed by atoms with Crippen molar-refractivity contribution in [3.8, 4) is 11.5 Å². The smallest absolute Gasteiger partial charge is 0.230 e. The number of aromatic hydroxyl groups is 2. The van der Waals surface area contributed by atoms with Crippen LogP contribution in [0.4, 0.5) is 0 Å². The maximum absolute atomic E-state index is 11.8. The molecule has 0 saturated carbocycles. The van der Waals surface area contributed by atoms with Crippen molar-refractivity contribution < 1.29 is 15.0 Å². The van der Waals surface area contributed by atoms with Crippen LogP contribution in [0.25, 0.3) is 0 Å². The van der Waals surface area contributed by atoms with E-state index in [9.17, 15) is 15.0 Å². The number of amides is 1. The normalized spacial score (nSPS) is 10.4. The Labute approximate surface area is 144 Å². The molecule has 4 nitrogen and oxygen atoms in total. The first-order chi connectivity index (χ1) is 11.2. The molecule has 0 fully saturated rings. The summed E-state index contributed by atoms with van der Waals surface area (Å²) in [5.41, 5.74) is 0. The lowest BCUT2D eigenvalue weighted by atomic mass is 10.3. The summed E-state index contributed by atoms with van der Waals surface area (Å²) in [7, 11) is 0. The number of nitrogens with one attached hydrogen (secondary N) is 1. The third-order valence-electron chi connectivity index (χ3n) is 2.99. The van der Waals surface area contributed by atoms with E-state index in [4.69, 9.17) is 0 Å². The molecular weight excluding hydrogens is 330 g/mol. The standard InChI is InChI=1S/C17H19NO3S2/c19-13-6-1-3-8-15(13)22-11-5-10-18-17(21)12-23-16-9-4-2-7-14(16)20/h1-4,6-9,19-20H,5,10-12H2,(H,18,21). The molecule has 2 aromatic rings. The minimum atomic E-state index is -0.0502. The van der Waals surface area contributed by atoms with Gasteiger partial charge in [0.1, 0.15) is 11.5 Å². The first-order valence-corrected chi connectivity index (χ1v) is 9.22. The van der Waals surface area contributed by atoms with Gasteiger partial charge in [0.15, 0.2) is 0 Å². The van der Waals surface area contributed by atoms with E-state index in [-0.39, 0.29) is 17.4 Å². The second-order valence-corrected chi connectivity index (χ2v) is 6.93. The van der Waals surface area contributed by atoms with Gasteiger partial charge in [-0.3, -0.25) is 4.79 Å². The molecule has 0 aliphatic carbocycles. The molecule has 2 rings (SSSR count). The van der Waals surface area contributed by atoms with Crippen molar-refractivity contribution in [1.29, 1.82) is 0 Å². The Morgan fingerprint density at radius 2 is 1.48 bits per heavy atom. The van der Waals surface area contributed by atoms with Crippen LogP contribution >= 0.6 is 23.5 Å². The Kier molecular flexibility index (Phi) is 7.16. The first kappa shape index (κ1) is 17.6.